The largest absolute Gasteiger partial charge is 0.378 e. The molecule has 2 aromatic rings. The summed E-state index contributed by atoms with van der Waals surface area (Å²) in [6.07, 6.45) is 0.374. The number of ether oxygens (including phenoxy) is 1. The molecule has 1 aromatic heterocycles. The highest BCUT2D eigenvalue weighted by Crippen LogP contribution is 2.19. The zero-order chi connectivity index (χ0) is 15.2. The fraction of sp³-hybridized carbons (Fsp3) is 0.375. The molecule has 0 aliphatic heterocycles. The van der Waals surface area contributed by atoms with Crippen molar-refractivity contribution in [1.29, 1.82) is 0 Å². The Hall–Kier alpha value is -1.72. The molecule has 1 heterocycles. The molecule has 2 rings (SSSR count). The summed E-state index contributed by atoms with van der Waals surface area (Å²) in [6, 6.07) is 8.16. The lowest BCUT2D eigenvalue weighted by Crippen LogP contribution is -2.24. The number of aromatic nitrogens is 1. The van der Waals surface area contributed by atoms with Gasteiger partial charge in [-0.2, -0.15) is 0 Å². The van der Waals surface area contributed by atoms with Gasteiger partial charge in [-0.1, -0.05) is 29.8 Å². The van der Waals surface area contributed by atoms with Crippen molar-refractivity contribution >= 4 is 17.2 Å². The van der Waals surface area contributed by atoms with E-state index in [1.165, 1.54) is 16.9 Å². The number of nitrogens with zero attached hydrogens (tertiary/aromatic N) is 1. The maximum absolute atomic E-state index is 12.0. The van der Waals surface area contributed by atoms with E-state index in [0.29, 0.717) is 19.6 Å². The number of aryl methyl sites for hydroxylation is 2. The van der Waals surface area contributed by atoms with Gasteiger partial charge >= 0.3 is 0 Å². The molecular weight excluding hydrogens is 284 g/mol. The third-order valence-corrected chi connectivity index (χ3v) is 4.27. The number of hydrogen-bond acceptors (Lipinski definition) is 4. The fourth-order valence-electron chi connectivity index (χ4n) is 1.95. The Morgan fingerprint density at radius 2 is 2.00 bits per heavy atom. The first-order valence-electron chi connectivity index (χ1n) is 6.85. The van der Waals surface area contributed by atoms with Crippen LogP contribution in [0.25, 0.3) is 0 Å². The number of methoxy groups -OCH3 is 1. The van der Waals surface area contributed by atoms with Crippen molar-refractivity contribution in [2.24, 2.45) is 0 Å². The molecule has 0 saturated carbocycles. The molecular formula is C16H20N2O2S. The molecule has 0 atom stereocenters. The summed E-state index contributed by atoms with van der Waals surface area (Å²) < 4.78 is 5.06. The molecule has 0 spiro atoms. The molecule has 0 saturated heterocycles. The van der Waals surface area contributed by atoms with Crippen LogP contribution in [0.15, 0.2) is 24.3 Å². The molecule has 0 fully saturated rings. The molecule has 21 heavy (non-hydrogen) atoms. The number of hydrogen-bond donors (Lipinski definition) is 1. The van der Waals surface area contributed by atoms with Gasteiger partial charge in [0.2, 0.25) is 5.91 Å². The molecule has 0 aliphatic carbocycles. The lowest BCUT2D eigenvalue weighted by molar-refractivity contribution is -0.120. The number of benzene rings is 1. The van der Waals surface area contributed by atoms with E-state index in [1.54, 1.807) is 7.11 Å². The number of thiazole rings is 1. The average Bonchev–Trinajstić information content (AvgIpc) is 2.79. The van der Waals surface area contributed by atoms with E-state index in [1.807, 2.05) is 38.1 Å². The van der Waals surface area contributed by atoms with Crippen molar-refractivity contribution in [3.05, 3.63) is 51.0 Å². The number of amides is 1. The van der Waals surface area contributed by atoms with Crippen LogP contribution in [0, 0.1) is 13.8 Å². The minimum Gasteiger partial charge on any atom is -0.378 e. The summed E-state index contributed by atoms with van der Waals surface area (Å²) in [7, 11) is 1.64. The third kappa shape index (κ3) is 4.65. The fourth-order valence-corrected chi connectivity index (χ4v) is 2.99. The first-order chi connectivity index (χ1) is 10.1. The molecule has 1 amide bonds. The van der Waals surface area contributed by atoms with Crippen LogP contribution in [0.4, 0.5) is 0 Å². The van der Waals surface area contributed by atoms with Crippen LogP contribution in [-0.2, 0) is 29.1 Å². The molecule has 1 aromatic carbocycles. The van der Waals surface area contributed by atoms with Crippen LogP contribution < -0.4 is 5.32 Å². The second kappa shape index (κ2) is 7.33. The minimum atomic E-state index is 0.0197. The standard InChI is InChI=1S/C16H20N2O2S/c1-11-4-6-13(7-5-11)9-17-15(19)8-14-12(2)18-16(21-14)10-20-3/h4-7H,8-10H2,1-3H3,(H,17,19). The van der Waals surface area contributed by atoms with Crippen molar-refractivity contribution in [2.75, 3.05) is 7.11 Å². The minimum absolute atomic E-state index is 0.0197. The molecule has 0 unspecified atom stereocenters. The van der Waals surface area contributed by atoms with Crippen molar-refractivity contribution in [1.82, 2.24) is 10.3 Å². The van der Waals surface area contributed by atoms with Gasteiger partial charge in [0.05, 0.1) is 18.7 Å². The number of carbonyl (C=O) groups excluding carboxylic acids is 1. The molecule has 4 nitrogen and oxygen atoms in total. The molecule has 0 aliphatic rings. The van der Waals surface area contributed by atoms with E-state index in [-0.39, 0.29) is 5.91 Å². The number of carbonyl (C=O) groups is 1. The summed E-state index contributed by atoms with van der Waals surface area (Å²) in [5, 5.41) is 3.86. The molecule has 0 bridgehead atoms. The van der Waals surface area contributed by atoms with E-state index in [4.69, 9.17) is 4.74 Å². The van der Waals surface area contributed by atoms with Crippen LogP contribution in [0.3, 0.4) is 0 Å². The van der Waals surface area contributed by atoms with Crippen LogP contribution in [0.5, 0.6) is 0 Å². The SMILES string of the molecule is COCc1nc(C)c(CC(=O)NCc2ccc(C)cc2)s1. The number of nitrogens with one attached hydrogen (secondary N) is 1. The number of rotatable bonds is 6. The van der Waals surface area contributed by atoms with Crippen molar-refractivity contribution in [3.8, 4) is 0 Å². The predicted molar refractivity (Wildman–Crippen MR) is 84.3 cm³/mol. The first kappa shape index (κ1) is 15.7. The Labute approximate surface area is 129 Å². The topological polar surface area (TPSA) is 51.2 Å². The molecule has 112 valence electrons. The van der Waals surface area contributed by atoms with Crippen LogP contribution in [0.1, 0.15) is 26.7 Å². The Balaban J connectivity index is 1.88. The van der Waals surface area contributed by atoms with Crippen molar-refractivity contribution < 1.29 is 9.53 Å². The van der Waals surface area contributed by atoms with Crippen LogP contribution >= 0.6 is 11.3 Å². The smallest absolute Gasteiger partial charge is 0.225 e. The molecule has 5 heteroatoms. The van der Waals surface area contributed by atoms with Gasteiger partial charge in [-0.25, -0.2) is 4.98 Å². The summed E-state index contributed by atoms with van der Waals surface area (Å²) in [5.74, 6) is 0.0197. The Morgan fingerprint density at radius 3 is 2.67 bits per heavy atom. The maximum atomic E-state index is 12.0. The van der Waals surface area contributed by atoms with E-state index >= 15 is 0 Å². The zero-order valence-corrected chi connectivity index (χ0v) is 13.4. The van der Waals surface area contributed by atoms with Crippen molar-refractivity contribution in [2.45, 2.75) is 33.4 Å². The van der Waals surface area contributed by atoms with Crippen LogP contribution in [0.2, 0.25) is 0 Å². The average molecular weight is 304 g/mol. The maximum Gasteiger partial charge on any atom is 0.225 e. The lowest BCUT2D eigenvalue weighted by Gasteiger charge is -2.05. The third-order valence-electron chi connectivity index (χ3n) is 3.14. The van der Waals surface area contributed by atoms with Gasteiger partial charge in [-0.05, 0) is 19.4 Å². The van der Waals surface area contributed by atoms with Gasteiger partial charge in [0.15, 0.2) is 0 Å². The molecule has 1 N–H and O–H groups in total. The summed E-state index contributed by atoms with van der Waals surface area (Å²) in [6.45, 7) is 5.03. The monoisotopic (exact) mass is 304 g/mol. The van der Waals surface area contributed by atoms with E-state index in [9.17, 15) is 4.79 Å². The Kier molecular flexibility index (Phi) is 5.47. The van der Waals surface area contributed by atoms with E-state index in [0.717, 1.165) is 21.1 Å². The van der Waals surface area contributed by atoms with Gasteiger partial charge in [0.25, 0.3) is 0 Å². The summed E-state index contributed by atoms with van der Waals surface area (Å²) in [4.78, 5) is 17.4. The van der Waals surface area contributed by atoms with Gasteiger partial charge in [0.1, 0.15) is 5.01 Å². The first-order valence-corrected chi connectivity index (χ1v) is 7.66. The highest BCUT2D eigenvalue weighted by molar-refractivity contribution is 7.11. The van der Waals surface area contributed by atoms with E-state index in [2.05, 4.69) is 10.3 Å². The Morgan fingerprint density at radius 1 is 1.29 bits per heavy atom. The normalized spacial score (nSPS) is 10.6. The van der Waals surface area contributed by atoms with E-state index < -0.39 is 0 Å². The quantitative estimate of drug-likeness (QED) is 0.893. The van der Waals surface area contributed by atoms with Gasteiger partial charge in [-0.15, -0.1) is 11.3 Å². The second-order valence-corrected chi connectivity index (χ2v) is 6.16. The van der Waals surface area contributed by atoms with Gasteiger partial charge < -0.3 is 10.1 Å². The zero-order valence-electron chi connectivity index (χ0n) is 12.6. The highest BCUT2D eigenvalue weighted by Gasteiger charge is 2.11. The second-order valence-electron chi connectivity index (χ2n) is 4.99. The lowest BCUT2D eigenvalue weighted by atomic mass is 10.1. The Bertz CT molecular complexity index is 605. The van der Waals surface area contributed by atoms with Crippen molar-refractivity contribution in [3.63, 3.8) is 0 Å². The van der Waals surface area contributed by atoms with Crippen LogP contribution in [-0.4, -0.2) is 18.0 Å². The summed E-state index contributed by atoms with van der Waals surface area (Å²) >= 11 is 1.54. The predicted octanol–water partition coefficient (Wildman–Crippen LogP) is 2.77. The van der Waals surface area contributed by atoms with Gasteiger partial charge in [0, 0.05) is 18.5 Å². The summed E-state index contributed by atoms with van der Waals surface area (Å²) in [5.41, 5.74) is 3.24. The highest BCUT2D eigenvalue weighted by atomic mass is 32.1. The molecule has 0 radical (unpaired) electrons. The van der Waals surface area contributed by atoms with Gasteiger partial charge in [-0.3, -0.25) is 4.79 Å².